The van der Waals surface area contributed by atoms with Crippen molar-refractivity contribution in [3.8, 4) is 0 Å². The van der Waals surface area contributed by atoms with Crippen molar-refractivity contribution in [3.05, 3.63) is 17.0 Å². The van der Waals surface area contributed by atoms with Gasteiger partial charge in [0.25, 0.3) is 0 Å². The monoisotopic (exact) mass is 277 g/mol. The van der Waals surface area contributed by atoms with Gasteiger partial charge in [-0.25, -0.2) is 0 Å². The number of hydrogen-bond donors (Lipinski definition) is 1. The first-order valence-corrected chi connectivity index (χ1v) is 8.48. The summed E-state index contributed by atoms with van der Waals surface area (Å²) in [6.45, 7) is 8.73. The summed E-state index contributed by atoms with van der Waals surface area (Å²) in [4.78, 5) is 0. The Hall–Kier alpha value is -0.830. The van der Waals surface area contributed by atoms with E-state index < -0.39 is 0 Å². The van der Waals surface area contributed by atoms with Crippen LogP contribution >= 0.6 is 0 Å². The highest BCUT2D eigenvalue weighted by atomic mass is 15.3. The lowest BCUT2D eigenvalue weighted by molar-refractivity contribution is 0.517. The van der Waals surface area contributed by atoms with Crippen LogP contribution in [0.15, 0.2) is 0 Å². The van der Waals surface area contributed by atoms with Crippen molar-refractivity contribution >= 4 is 0 Å². The van der Waals surface area contributed by atoms with E-state index in [0.717, 1.165) is 19.1 Å². The molecule has 0 bridgehead atoms. The number of nitrogens with zero attached hydrogens (tertiary/aromatic N) is 2. The second-order valence-corrected chi connectivity index (χ2v) is 6.30. The molecule has 1 aromatic heterocycles. The SMILES string of the molecule is CCCCCCCCn1nc(C)c(CNC2CC2)c1C. The molecule has 3 nitrogen and oxygen atoms in total. The second-order valence-electron chi connectivity index (χ2n) is 6.30. The molecule has 0 spiro atoms. The van der Waals surface area contributed by atoms with Gasteiger partial charge in [-0.2, -0.15) is 5.10 Å². The minimum atomic E-state index is 0.774. The second kappa shape index (κ2) is 7.82. The summed E-state index contributed by atoms with van der Waals surface area (Å²) < 4.78 is 2.22. The summed E-state index contributed by atoms with van der Waals surface area (Å²) >= 11 is 0. The van der Waals surface area contributed by atoms with Crippen LogP contribution in [-0.2, 0) is 13.1 Å². The van der Waals surface area contributed by atoms with E-state index >= 15 is 0 Å². The Morgan fingerprint density at radius 3 is 2.50 bits per heavy atom. The first-order chi connectivity index (χ1) is 9.72. The highest BCUT2D eigenvalue weighted by molar-refractivity contribution is 5.24. The predicted octanol–water partition coefficient (Wildman–Crippen LogP) is 4.11. The summed E-state index contributed by atoms with van der Waals surface area (Å²) in [5, 5.41) is 8.32. The zero-order valence-corrected chi connectivity index (χ0v) is 13.5. The van der Waals surface area contributed by atoms with Crippen molar-refractivity contribution in [2.45, 2.75) is 91.3 Å². The number of hydrogen-bond acceptors (Lipinski definition) is 2. The Labute approximate surface area is 124 Å². The van der Waals surface area contributed by atoms with E-state index in [9.17, 15) is 0 Å². The fourth-order valence-corrected chi connectivity index (χ4v) is 2.78. The van der Waals surface area contributed by atoms with Crippen molar-refractivity contribution in [2.75, 3.05) is 0 Å². The molecule has 0 atom stereocenters. The van der Waals surface area contributed by atoms with Gasteiger partial charge < -0.3 is 5.32 Å². The van der Waals surface area contributed by atoms with E-state index in [4.69, 9.17) is 5.10 Å². The Balaban J connectivity index is 1.74. The number of aromatic nitrogens is 2. The van der Waals surface area contributed by atoms with E-state index in [-0.39, 0.29) is 0 Å². The molecule has 3 heteroatoms. The van der Waals surface area contributed by atoms with Gasteiger partial charge in [-0.05, 0) is 33.1 Å². The molecule has 0 aromatic carbocycles. The Bertz CT molecular complexity index is 405. The molecular weight excluding hydrogens is 246 g/mol. The van der Waals surface area contributed by atoms with Crippen LogP contribution in [-0.4, -0.2) is 15.8 Å². The van der Waals surface area contributed by atoms with Crippen LogP contribution in [0, 0.1) is 13.8 Å². The Morgan fingerprint density at radius 1 is 1.10 bits per heavy atom. The molecule has 0 aliphatic heterocycles. The van der Waals surface area contributed by atoms with Crippen LogP contribution in [0.4, 0.5) is 0 Å². The van der Waals surface area contributed by atoms with Crippen LogP contribution in [0.5, 0.6) is 0 Å². The van der Waals surface area contributed by atoms with Gasteiger partial charge in [0, 0.05) is 30.4 Å². The van der Waals surface area contributed by atoms with Crippen LogP contribution in [0.1, 0.15) is 75.2 Å². The third-order valence-electron chi connectivity index (χ3n) is 4.40. The smallest absolute Gasteiger partial charge is 0.0641 e. The quantitative estimate of drug-likeness (QED) is 0.652. The molecule has 20 heavy (non-hydrogen) atoms. The molecule has 2 rings (SSSR count). The van der Waals surface area contributed by atoms with Crippen molar-refractivity contribution < 1.29 is 0 Å². The average Bonchev–Trinajstić information content (AvgIpc) is 3.21. The molecule has 1 saturated carbocycles. The summed E-state index contributed by atoms with van der Waals surface area (Å²) in [5.41, 5.74) is 3.99. The lowest BCUT2D eigenvalue weighted by atomic mass is 10.1. The Morgan fingerprint density at radius 2 is 1.80 bits per heavy atom. The molecule has 0 radical (unpaired) electrons. The topological polar surface area (TPSA) is 29.9 Å². The molecule has 114 valence electrons. The standard InChI is InChI=1S/C17H31N3/c1-4-5-6-7-8-9-12-20-15(3)17(14(2)19-20)13-18-16-10-11-16/h16,18H,4-13H2,1-3H3. The fourth-order valence-electron chi connectivity index (χ4n) is 2.78. The first kappa shape index (κ1) is 15.6. The van der Waals surface area contributed by atoms with E-state index in [1.807, 2.05) is 0 Å². The van der Waals surface area contributed by atoms with E-state index in [1.165, 1.54) is 68.3 Å². The summed E-state index contributed by atoms with van der Waals surface area (Å²) in [7, 11) is 0. The zero-order chi connectivity index (χ0) is 14.4. The maximum atomic E-state index is 4.72. The van der Waals surface area contributed by atoms with Crippen LogP contribution < -0.4 is 5.32 Å². The molecule has 1 N–H and O–H groups in total. The van der Waals surface area contributed by atoms with Gasteiger partial charge in [0.15, 0.2) is 0 Å². The Kier molecular flexibility index (Phi) is 6.08. The molecule has 1 aromatic rings. The summed E-state index contributed by atoms with van der Waals surface area (Å²) in [6.07, 6.45) is 10.8. The molecule has 1 aliphatic rings. The van der Waals surface area contributed by atoms with Crippen molar-refractivity contribution in [3.63, 3.8) is 0 Å². The molecule has 0 saturated heterocycles. The molecule has 0 unspecified atom stereocenters. The van der Waals surface area contributed by atoms with Crippen molar-refractivity contribution in [1.29, 1.82) is 0 Å². The van der Waals surface area contributed by atoms with Gasteiger partial charge in [-0.15, -0.1) is 0 Å². The maximum Gasteiger partial charge on any atom is 0.0641 e. The highest BCUT2D eigenvalue weighted by Gasteiger charge is 2.21. The third-order valence-corrected chi connectivity index (χ3v) is 4.40. The van der Waals surface area contributed by atoms with Gasteiger partial charge in [0.05, 0.1) is 5.69 Å². The number of rotatable bonds is 10. The first-order valence-electron chi connectivity index (χ1n) is 8.48. The van der Waals surface area contributed by atoms with Crippen LogP contribution in [0.25, 0.3) is 0 Å². The minimum absolute atomic E-state index is 0.774. The van der Waals surface area contributed by atoms with Gasteiger partial charge in [0.2, 0.25) is 0 Å². The minimum Gasteiger partial charge on any atom is -0.310 e. The van der Waals surface area contributed by atoms with Gasteiger partial charge in [0.1, 0.15) is 0 Å². The zero-order valence-electron chi connectivity index (χ0n) is 13.5. The predicted molar refractivity (Wildman–Crippen MR) is 84.9 cm³/mol. The normalized spacial score (nSPS) is 14.9. The maximum absolute atomic E-state index is 4.72. The number of unbranched alkanes of at least 4 members (excludes halogenated alkanes) is 5. The molecule has 1 fully saturated rings. The van der Waals surface area contributed by atoms with E-state index in [1.54, 1.807) is 0 Å². The van der Waals surface area contributed by atoms with Crippen molar-refractivity contribution in [1.82, 2.24) is 15.1 Å². The summed E-state index contributed by atoms with van der Waals surface area (Å²) in [5.74, 6) is 0. The molecular formula is C17H31N3. The molecule has 1 aliphatic carbocycles. The van der Waals surface area contributed by atoms with E-state index in [2.05, 4.69) is 30.8 Å². The molecule has 0 amide bonds. The number of aryl methyl sites for hydroxylation is 2. The fraction of sp³-hybridized carbons (Fsp3) is 0.824. The average molecular weight is 277 g/mol. The molecule has 1 heterocycles. The van der Waals surface area contributed by atoms with Gasteiger partial charge >= 0.3 is 0 Å². The highest BCUT2D eigenvalue weighted by Crippen LogP contribution is 2.21. The van der Waals surface area contributed by atoms with E-state index in [0.29, 0.717) is 0 Å². The lowest BCUT2D eigenvalue weighted by Crippen LogP contribution is -2.16. The van der Waals surface area contributed by atoms with Gasteiger partial charge in [-0.1, -0.05) is 39.0 Å². The number of nitrogens with one attached hydrogen (secondary N) is 1. The summed E-state index contributed by atoms with van der Waals surface area (Å²) in [6, 6.07) is 0.774. The van der Waals surface area contributed by atoms with Crippen LogP contribution in [0.2, 0.25) is 0 Å². The largest absolute Gasteiger partial charge is 0.310 e. The van der Waals surface area contributed by atoms with Crippen LogP contribution in [0.3, 0.4) is 0 Å². The van der Waals surface area contributed by atoms with Crippen molar-refractivity contribution in [2.24, 2.45) is 0 Å². The lowest BCUT2D eigenvalue weighted by Gasteiger charge is -2.06. The third kappa shape index (κ3) is 4.62. The van der Waals surface area contributed by atoms with Gasteiger partial charge in [-0.3, -0.25) is 4.68 Å².